The van der Waals surface area contributed by atoms with Crippen LogP contribution in [0.25, 0.3) is 0 Å². The second kappa shape index (κ2) is 11.4. The zero-order valence-electron chi connectivity index (χ0n) is 17.6. The first-order chi connectivity index (χ1) is 14.3. The van der Waals surface area contributed by atoms with Crippen LogP contribution in [0.3, 0.4) is 0 Å². The molecule has 0 aliphatic heterocycles. The van der Waals surface area contributed by atoms with Crippen molar-refractivity contribution in [3.63, 3.8) is 0 Å². The van der Waals surface area contributed by atoms with E-state index in [-0.39, 0.29) is 24.7 Å². The maximum Gasteiger partial charge on any atom is 0.240 e. The van der Waals surface area contributed by atoms with Gasteiger partial charge in [0.2, 0.25) is 11.8 Å². The molecule has 0 radical (unpaired) electrons. The lowest BCUT2D eigenvalue weighted by Crippen LogP contribution is -2.37. The van der Waals surface area contributed by atoms with Crippen molar-refractivity contribution in [1.29, 1.82) is 5.26 Å². The van der Waals surface area contributed by atoms with Crippen LogP contribution in [0.1, 0.15) is 39.4 Å². The maximum atomic E-state index is 13.2. The van der Waals surface area contributed by atoms with Gasteiger partial charge in [-0.3, -0.25) is 9.59 Å². The van der Waals surface area contributed by atoms with E-state index in [1.165, 1.54) is 11.8 Å². The summed E-state index contributed by atoms with van der Waals surface area (Å²) in [6.45, 7) is 7.00. The zero-order chi connectivity index (χ0) is 22.1. The molecule has 1 aromatic heterocycles. The number of aryl methyl sites for hydroxylation is 1. The summed E-state index contributed by atoms with van der Waals surface area (Å²) in [5.41, 5.74) is 6.03. The summed E-state index contributed by atoms with van der Waals surface area (Å²) in [5, 5.41) is 17.7. The van der Waals surface area contributed by atoms with Crippen LogP contribution in [-0.2, 0) is 22.6 Å². The molecule has 8 nitrogen and oxygen atoms in total. The summed E-state index contributed by atoms with van der Waals surface area (Å²) in [4.78, 5) is 26.0. The Morgan fingerprint density at radius 1 is 1.23 bits per heavy atom. The number of para-hydroxylation sites is 1. The first-order valence-electron chi connectivity index (χ1n) is 9.93. The monoisotopic (exact) mass is 428 g/mol. The summed E-state index contributed by atoms with van der Waals surface area (Å²) in [5.74, 6) is 0.547. The number of hydrogen-bond donors (Lipinski definition) is 1. The van der Waals surface area contributed by atoms with Crippen molar-refractivity contribution in [2.45, 2.75) is 57.0 Å². The third-order valence-corrected chi connectivity index (χ3v) is 5.42. The van der Waals surface area contributed by atoms with Gasteiger partial charge in [0, 0.05) is 31.6 Å². The largest absolute Gasteiger partial charge is 0.370 e. The number of benzene rings is 1. The minimum atomic E-state index is -0.428. The van der Waals surface area contributed by atoms with Crippen molar-refractivity contribution in [1.82, 2.24) is 14.8 Å². The number of carbonyl (C=O) groups excluding carboxylic acids is 2. The fraction of sp³-hybridized carbons (Fsp3) is 0.476. The SMILES string of the molecule is CC(C)Cn1c(CCC(N)=O)nnc1SC(C)C(=O)N(CCC#N)c1ccccc1. The maximum absolute atomic E-state index is 13.2. The smallest absolute Gasteiger partial charge is 0.240 e. The Kier molecular flexibility index (Phi) is 8.87. The van der Waals surface area contributed by atoms with E-state index in [0.717, 1.165) is 5.69 Å². The number of nitriles is 1. The Morgan fingerprint density at radius 2 is 1.93 bits per heavy atom. The van der Waals surface area contributed by atoms with E-state index in [0.29, 0.717) is 36.4 Å². The summed E-state index contributed by atoms with van der Waals surface area (Å²) < 4.78 is 1.96. The molecule has 0 saturated heterocycles. The second-order valence-electron chi connectivity index (χ2n) is 7.36. The third-order valence-electron chi connectivity index (χ3n) is 4.35. The van der Waals surface area contributed by atoms with Crippen molar-refractivity contribution in [2.24, 2.45) is 11.7 Å². The van der Waals surface area contributed by atoms with Crippen LogP contribution in [0.4, 0.5) is 5.69 Å². The average Bonchev–Trinajstić information content (AvgIpc) is 3.07. The van der Waals surface area contributed by atoms with Crippen molar-refractivity contribution < 1.29 is 9.59 Å². The van der Waals surface area contributed by atoms with E-state index in [9.17, 15) is 9.59 Å². The first-order valence-corrected chi connectivity index (χ1v) is 10.8. The van der Waals surface area contributed by atoms with Crippen molar-refractivity contribution in [3.8, 4) is 6.07 Å². The Hall–Kier alpha value is -2.86. The minimum absolute atomic E-state index is 0.0979. The number of carbonyl (C=O) groups is 2. The molecule has 1 atom stereocenters. The minimum Gasteiger partial charge on any atom is -0.370 e. The molecule has 0 aliphatic rings. The average molecular weight is 429 g/mol. The van der Waals surface area contributed by atoms with Crippen molar-refractivity contribution in [2.75, 3.05) is 11.4 Å². The van der Waals surface area contributed by atoms with Gasteiger partial charge in [-0.2, -0.15) is 5.26 Å². The molecule has 1 unspecified atom stereocenters. The van der Waals surface area contributed by atoms with E-state index < -0.39 is 5.25 Å². The number of aromatic nitrogens is 3. The van der Waals surface area contributed by atoms with Gasteiger partial charge >= 0.3 is 0 Å². The van der Waals surface area contributed by atoms with Crippen LogP contribution in [0.2, 0.25) is 0 Å². The lowest BCUT2D eigenvalue weighted by molar-refractivity contribution is -0.118. The highest BCUT2D eigenvalue weighted by Crippen LogP contribution is 2.27. The molecule has 0 saturated carbocycles. The Balaban J connectivity index is 2.21. The molecule has 1 aromatic carbocycles. The molecule has 2 amide bonds. The van der Waals surface area contributed by atoms with Crippen LogP contribution in [0.5, 0.6) is 0 Å². The normalized spacial score (nSPS) is 11.8. The van der Waals surface area contributed by atoms with Crippen LogP contribution in [-0.4, -0.2) is 38.4 Å². The topological polar surface area (TPSA) is 118 Å². The van der Waals surface area contributed by atoms with Gasteiger partial charge in [0.05, 0.1) is 17.7 Å². The second-order valence-corrected chi connectivity index (χ2v) is 8.67. The van der Waals surface area contributed by atoms with Gasteiger partial charge in [-0.05, 0) is 25.0 Å². The highest BCUT2D eigenvalue weighted by atomic mass is 32.2. The number of thioether (sulfide) groups is 1. The molecule has 0 spiro atoms. The molecular formula is C21H28N6O2S. The zero-order valence-corrected chi connectivity index (χ0v) is 18.4. The number of nitrogens with two attached hydrogens (primary N) is 1. The number of hydrogen-bond acceptors (Lipinski definition) is 6. The Bertz CT molecular complexity index is 891. The van der Waals surface area contributed by atoms with Crippen LogP contribution < -0.4 is 10.6 Å². The molecule has 2 aromatic rings. The predicted octanol–water partition coefficient (Wildman–Crippen LogP) is 2.78. The molecule has 2 rings (SSSR count). The summed E-state index contributed by atoms with van der Waals surface area (Å²) in [6, 6.07) is 11.4. The number of anilines is 1. The van der Waals surface area contributed by atoms with E-state index in [1.54, 1.807) is 4.90 Å². The van der Waals surface area contributed by atoms with Gasteiger partial charge in [0.15, 0.2) is 5.16 Å². The predicted molar refractivity (Wildman–Crippen MR) is 117 cm³/mol. The number of rotatable bonds is 11. The molecule has 9 heteroatoms. The number of nitrogens with zero attached hydrogens (tertiary/aromatic N) is 5. The van der Waals surface area contributed by atoms with E-state index in [1.807, 2.05) is 41.8 Å². The van der Waals surface area contributed by atoms with Crippen LogP contribution in [0, 0.1) is 17.2 Å². The standard InChI is InChI=1S/C21H28N6O2S/c1-15(2)14-27-19(11-10-18(23)28)24-25-21(27)30-16(3)20(29)26(13-7-12-22)17-8-5-4-6-9-17/h4-6,8-9,15-16H,7,10-11,13-14H2,1-3H3,(H2,23,28). The molecule has 30 heavy (non-hydrogen) atoms. The number of primary amides is 1. The van der Waals surface area contributed by atoms with E-state index >= 15 is 0 Å². The highest BCUT2D eigenvalue weighted by molar-refractivity contribution is 8.00. The van der Waals surface area contributed by atoms with Gasteiger partial charge in [0.25, 0.3) is 0 Å². The Labute approximate surface area is 181 Å². The fourth-order valence-electron chi connectivity index (χ4n) is 2.94. The molecule has 160 valence electrons. The van der Waals surface area contributed by atoms with Crippen LogP contribution in [0.15, 0.2) is 35.5 Å². The van der Waals surface area contributed by atoms with Gasteiger partial charge < -0.3 is 15.2 Å². The first kappa shape index (κ1) is 23.4. The summed E-state index contributed by atoms with van der Waals surface area (Å²) in [6.07, 6.45) is 0.862. The summed E-state index contributed by atoms with van der Waals surface area (Å²) >= 11 is 1.33. The quantitative estimate of drug-likeness (QED) is 0.550. The lowest BCUT2D eigenvalue weighted by Gasteiger charge is -2.25. The van der Waals surface area contributed by atoms with Crippen molar-refractivity contribution in [3.05, 3.63) is 36.2 Å². The van der Waals surface area contributed by atoms with Gasteiger partial charge in [0.1, 0.15) is 5.82 Å². The lowest BCUT2D eigenvalue weighted by atomic mass is 10.2. The fourth-order valence-corrected chi connectivity index (χ4v) is 3.88. The van der Waals surface area contributed by atoms with Crippen molar-refractivity contribution >= 4 is 29.3 Å². The third kappa shape index (κ3) is 6.59. The van der Waals surface area contributed by atoms with Gasteiger partial charge in [-0.15, -0.1) is 10.2 Å². The van der Waals surface area contributed by atoms with E-state index in [4.69, 9.17) is 11.0 Å². The highest BCUT2D eigenvalue weighted by Gasteiger charge is 2.25. The molecule has 0 bridgehead atoms. The van der Waals surface area contributed by atoms with Crippen LogP contribution >= 0.6 is 11.8 Å². The number of amides is 2. The molecule has 0 aliphatic carbocycles. The van der Waals surface area contributed by atoms with Gasteiger partial charge in [-0.1, -0.05) is 43.8 Å². The summed E-state index contributed by atoms with van der Waals surface area (Å²) in [7, 11) is 0. The van der Waals surface area contributed by atoms with E-state index in [2.05, 4.69) is 30.1 Å². The molecule has 1 heterocycles. The molecule has 2 N–H and O–H groups in total. The Morgan fingerprint density at radius 3 is 2.53 bits per heavy atom. The van der Waals surface area contributed by atoms with Gasteiger partial charge in [-0.25, -0.2) is 0 Å². The molecular weight excluding hydrogens is 400 g/mol. The molecule has 0 fully saturated rings.